The van der Waals surface area contributed by atoms with Crippen LogP contribution in [0.5, 0.6) is 0 Å². The van der Waals surface area contributed by atoms with Crippen molar-refractivity contribution in [1.29, 1.82) is 0 Å². The molecule has 2 aromatic rings. The van der Waals surface area contributed by atoms with E-state index in [0.717, 1.165) is 5.56 Å². The highest BCUT2D eigenvalue weighted by molar-refractivity contribution is 6.16. The van der Waals surface area contributed by atoms with Crippen LogP contribution in [0.3, 0.4) is 0 Å². The molecule has 4 heteroatoms. The van der Waals surface area contributed by atoms with Gasteiger partial charge in [-0.2, -0.15) is 0 Å². The second-order valence-corrected chi connectivity index (χ2v) is 2.54. The minimum Gasteiger partial charge on any atom is -0.472 e. The molecule has 2 heterocycles. The van der Waals surface area contributed by atoms with Crippen molar-refractivity contribution in [2.24, 2.45) is 0 Å². The van der Waals surface area contributed by atoms with E-state index in [0.29, 0.717) is 17.5 Å². The van der Waals surface area contributed by atoms with Gasteiger partial charge in [0.15, 0.2) is 0 Å². The lowest BCUT2D eigenvalue weighted by Gasteiger charge is -1.85. The Bertz CT molecular complexity index is 353. The van der Waals surface area contributed by atoms with E-state index in [1.54, 1.807) is 24.8 Å². The summed E-state index contributed by atoms with van der Waals surface area (Å²) in [6, 6.07) is 1.78. The second kappa shape index (κ2) is 3.03. The average molecular weight is 184 g/mol. The molecule has 0 radical (unpaired) electrons. The lowest BCUT2D eigenvalue weighted by molar-refractivity contribution is 0.533. The molecule has 3 nitrogen and oxygen atoms in total. The molecule has 12 heavy (non-hydrogen) atoms. The van der Waals surface area contributed by atoms with E-state index < -0.39 is 0 Å². The molecule has 0 aliphatic heterocycles. The molecule has 0 unspecified atom stereocenters. The van der Waals surface area contributed by atoms with Crippen LogP contribution < -0.4 is 0 Å². The number of aromatic nitrogens is 1. The molecule has 0 aromatic carbocycles. The normalized spacial score (nSPS) is 10.4. The van der Waals surface area contributed by atoms with Crippen molar-refractivity contribution in [3.8, 4) is 11.5 Å². The van der Waals surface area contributed by atoms with Gasteiger partial charge in [-0.25, -0.2) is 4.98 Å². The Balaban J connectivity index is 2.35. The lowest BCUT2D eigenvalue weighted by atomic mass is 10.3. The number of oxazole rings is 1. The van der Waals surface area contributed by atoms with E-state index in [-0.39, 0.29) is 0 Å². The Morgan fingerprint density at radius 2 is 2.42 bits per heavy atom. The predicted octanol–water partition coefficient (Wildman–Crippen LogP) is 2.67. The third-order valence-corrected chi connectivity index (χ3v) is 1.72. The van der Waals surface area contributed by atoms with Gasteiger partial charge in [-0.05, 0) is 6.07 Å². The zero-order valence-corrected chi connectivity index (χ0v) is 6.91. The van der Waals surface area contributed by atoms with Crippen molar-refractivity contribution < 1.29 is 8.83 Å². The van der Waals surface area contributed by atoms with E-state index in [4.69, 9.17) is 20.4 Å². The quantitative estimate of drug-likeness (QED) is 0.672. The summed E-state index contributed by atoms with van der Waals surface area (Å²) in [6.45, 7) is 0. The summed E-state index contributed by atoms with van der Waals surface area (Å²) in [6.07, 6.45) is 4.75. The van der Waals surface area contributed by atoms with Crippen LogP contribution in [0.15, 0.2) is 33.6 Å². The van der Waals surface area contributed by atoms with Crippen molar-refractivity contribution in [3.63, 3.8) is 0 Å². The van der Waals surface area contributed by atoms with Crippen molar-refractivity contribution in [1.82, 2.24) is 4.98 Å². The first kappa shape index (κ1) is 7.43. The van der Waals surface area contributed by atoms with Gasteiger partial charge in [-0.1, -0.05) is 0 Å². The standard InChI is InChI=1S/C8H6ClNO2/c9-3-7-4-10-8(12-7)6-1-2-11-5-6/h1-2,4-5H,3H2. The van der Waals surface area contributed by atoms with Crippen molar-refractivity contribution >= 4 is 11.6 Å². The van der Waals surface area contributed by atoms with Gasteiger partial charge < -0.3 is 8.83 Å². The summed E-state index contributed by atoms with van der Waals surface area (Å²) in [5.41, 5.74) is 0.825. The van der Waals surface area contributed by atoms with Crippen LogP contribution in [0.1, 0.15) is 5.76 Å². The Labute approximate surface area is 74.0 Å². The first-order valence-electron chi connectivity index (χ1n) is 3.43. The van der Waals surface area contributed by atoms with E-state index in [1.165, 1.54) is 0 Å². The highest BCUT2D eigenvalue weighted by Gasteiger charge is 2.05. The van der Waals surface area contributed by atoms with Gasteiger partial charge in [0.25, 0.3) is 0 Å². The van der Waals surface area contributed by atoms with Gasteiger partial charge in [0, 0.05) is 0 Å². The highest BCUT2D eigenvalue weighted by atomic mass is 35.5. The van der Waals surface area contributed by atoms with Crippen LogP contribution in [-0.2, 0) is 5.88 Å². The number of hydrogen-bond donors (Lipinski definition) is 0. The fourth-order valence-electron chi connectivity index (χ4n) is 0.889. The minimum atomic E-state index is 0.338. The van der Waals surface area contributed by atoms with E-state index in [9.17, 15) is 0 Å². The van der Waals surface area contributed by atoms with Crippen molar-refractivity contribution in [2.45, 2.75) is 5.88 Å². The van der Waals surface area contributed by atoms with Gasteiger partial charge in [-0.15, -0.1) is 11.6 Å². The molecule has 2 rings (SSSR count). The Kier molecular flexibility index (Phi) is 1.87. The molecule has 62 valence electrons. The summed E-state index contributed by atoms with van der Waals surface area (Å²) in [4.78, 5) is 4.02. The summed E-state index contributed by atoms with van der Waals surface area (Å²) >= 11 is 5.54. The van der Waals surface area contributed by atoms with E-state index in [1.807, 2.05) is 0 Å². The Hall–Kier alpha value is -1.22. The molecule has 0 fully saturated rings. The fourth-order valence-corrected chi connectivity index (χ4v) is 1.01. The number of halogens is 1. The van der Waals surface area contributed by atoms with Gasteiger partial charge in [-0.3, -0.25) is 0 Å². The molecule has 2 aromatic heterocycles. The van der Waals surface area contributed by atoms with Crippen molar-refractivity contribution in [3.05, 3.63) is 30.5 Å². The van der Waals surface area contributed by atoms with Crippen molar-refractivity contribution in [2.75, 3.05) is 0 Å². The van der Waals surface area contributed by atoms with Crippen LogP contribution in [-0.4, -0.2) is 4.98 Å². The number of rotatable bonds is 2. The van der Waals surface area contributed by atoms with E-state index in [2.05, 4.69) is 4.98 Å². The smallest absolute Gasteiger partial charge is 0.229 e. The topological polar surface area (TPSA) is 39.2 Å². The number of hydrogen-bond acceptors (Lipinski definition) is 3. The van der Waals surface area contributed by atoms with Crippen LogP contribution in [0.25, 0.3) is 11.5 Å². The van der Waals surface area contributed by atoms with Gasteiger partial charge in [0.2, 0.25) is 5.89 Å². The molecule has 0 aliphatic rings. The van der Waals surface area contributed by atoms with Gasteiger partial charge in [0.05, 0.1) is 23.9 Å². The van der Waals surface area contributed by atoms with Crippen LogP contribution >= 0.6 is 11.6 Å². The molecule has 0 N–H and O–H groups in total. The highest BCUT2D eigenvalue weighted by Crippen LogP contribution is 2.19. The molecule has 0 atom stereocenters. The first-order chi connectivity index (χ1) is 5.90. The number of alkyl halides is 1. The minimum absolute atomic E-state index is 0.338. The molecular formula is C8H6ClNO2. The molecule has 0 saturated carbocycles. The summed E-state index contributed by atoms with van der Waals surface area (Å²) in [5.74, 6) is 1.54. The maximum Gasteiger partial charge on any atom is 0.229 e. The SMILES string of the molecule is ClCc1cnc(-c2ccoc2)o1. The zero-order valence-electron chi connectivity index (χ0n) is 6.16. The van der Waals surface area contributed by atoms with Crippen LogP contribution in [0.4, 0.5) is 0 Å². The first-order valence-corrected chi connectivity index (χ1v) is 3.97. The monoisotopic (exact) mass is 183 g/mol. The maximum absolute atomic E-state index is 5.54. The molecular weight excluding hydrogens is 178 g/mol. The fraction of sp³-hybridized carbons (Fsp3) is 0.125. The zero-order chi connectivity index (χ0) is 8.39. The molecule has 0 amide bonds. The average Bonchev–Trinajstić information content (AvgIpc) is 2.75. The van der Waals surface area contributed by atoms with Gasteiger partial charge in [0.1, 0.15) is 12.0 Å². The number of nitrogens with zero attached hydrogens (tertiary/aromatic N) is 1. The summed E-state index contributed by atoms with van der Waals surface area (Å²) in [5, 5.41) is 0. The molecule has 0 spiro atoms. The maximum atomic E-state index is 5.54. The third-order valence-electron chi connectivity index (χ3n) is 1.45. The van der Waals surface area contributed by atoms with Crippen LogP contribution in [0, 0.1) is 0 Å². The summed E-state index contributed by atoms with van der Waals surface area (Å²) < 4.78 is 10.2. The Morgan fingerprint density at radius 3 is 3.00 bits per heavy atom. The van der Waals surface area contributed by atoms with Crippen LogP contribution in [0.2, 0.25) is 0 Å². The molecule has 0 aliphatic carbocycles. The summed E-state index contributed by atoms with van der Waals surface area (Å²) in [7, 11) is 0. The third kappa shape index (κ3) is 1.23. The van der Waals surface area contributed by atoms with E-state index >= 15 is 0 Å². The number of furan rings is 1. The predicted molar refractivity (Wildman–Crippen MR) is 43.8 cm³/mol. The second-order valence-electron chi connectivity index (χ2n) is 2.28. The lowest BCUT2D eigenvalue weighted by Crippen LogP contribution is -1.68. The molecule has 0 bridgehead atoms. The largest absolute Gasteiger partial charge is 0.472 e. The molecule has 0 saturated heterocycles. The van der Waals surface area contributed by atoms with Gasteiger partial charge >= 0.3 is 0 Å². The Morgan fingerprint density at radius 1 is 1.50 bits per heavy atom.